The van der Waals surface area contributed by atoms with Crippen LogP contribution in [0.4, 0.5) is 14.9 Å². The van der Waals surface area contributed by atoms with Gasteiger partial charge in [-0.3, -0.25) is 0 Å². The smallest absolute Gasteiger partial charge is 0.321 e. The molecule has 0 radical (unpaired) electrons. The number of aromatic nitrogens is 2. The molecule has 3 aromatic rings. The van der Waals surface area contributed by atoms with E-state index >= 15 is 0 Å². The van der Waals surface area contributed by atoms with Crippen LogP contribution in [-0.4, -0.2) is 34.2 Å². The van der Waals surface area contributed by atoms with Crippen LogP contribution in [-0.2, 0) is 0 Å². The third-order valence-electron chi connectivity index (χ3n) is 4.35. The summed E-state index contributed by atoms with van der Waals surface area (Å²) in [4.78, 5) is 15.1. The van der Waals surface area contributed by atoms with E-state index in [1.165, 1.54) is 17.4 Å². The van der Waals surface area contributed by atoms with Gasteiger partial charge in [0.1, 0.15) is 5.82 Å². The van der Waals surface area contributed by atoms with E-state index in [-0.39, 0.29) is 17.6 Å². The summed E-state index contributed by atoms with van der Waals surface area (Å²) < 4.78 is 19.5. The van der Waals surface area contributed by atoms with Gasteiger partial charge >= 0.3 is 6.03 Å². The summed E-state index contributed by atoms with van der Waals surface area (Å²) in [5, 5.41) is 12.8. The molecule has 3 heterocycles. The number of hydrogen-bond acceptors (Lipinski definition) is 5. The predicted octanol–water partition coefficient (Wildman–Crippen LogP) is 4.35. The number of amides is 2. The lowest BCUT2D eigenvalue weighted by atomic mass is 9.98. The maximum absolute atomic E-state index is 13.7. The van der Waals surface area contributed by atoms with Crippen molar-refractivity contribution in [2.75, 3.05) is 18.4 Å². The molecule has 1 N–H and O–H groups in total. The molecule has 1 saturated heterocycles. The number of anilines is 1. The maximum atomic E-state index is 13.7. The second-order valence-electron chi connectivity index (χ2n) is 6.12. The van der Waals surface area contributed by atoms with Gasteiger partial charge in [0.05, 0.1) is 16.5 Å². The van der Waals surface area contributed by atoms with Gasteiger partial charge in [0.25, 0.3) is 5.89 Å². The fourth-order valence-corrected chi connectivity index (χ4v) is 3.66. The highest BCUT2D eigenvalue weighted by Gasteiger charge is 2.29. The molecule has 4 rings (SSSR count). The molecule has 0 saturated carbocycles. The summed E-state index contributed by atoms with van der Waals surface area (Å²) in [5.74, 6) is 0.572. The minimum Gasteiger partial charge on any atom is -0.420 e. The number of benzene rings is 1. The van der Waals surface area contributed by atoms with Crippen LogP contribution < -0.4 is 5.32 Å². The van der Waals surface area contributed by atoms with Gasteiger partial charge in [0.2, 0.25) is 5.89 Å². The molecule has 26 heavy (non-hydrogen) atoms. The molecule has 134 valence electrons. The number of rotatable bonds is 3. The van der Waals surface area contributed by atoms with Gasteiger partial charge in [-0.2, -0.15) is 0 Å². The van der Waals surface area contributed by atoms with Crippen molar-refractivity contribution in [3.63, 3.8) is 0 Å². The van der Waals surface area contributed by atoms with E-state index in [1.807, 2.05) is 17.5 Å². The zero-order chi connectivity index (χ0) is 17.9. The Hall–Kier alpha value is -2.74. The first-order valence-corrected chi connectivity index (χ1v) is 9.26. The number of carbonyl (C=O) groups is 1. The largest absolute Gasteiger partial charge is 0.420 e. The maximum Gasteiger partial charge on any atom is 0.321 e. The quantitative estimate of drug-likeness (QED) is 0.742. The van der Waals surface area contributed by atoms with Gasteiger partial charge < -0.3 is 14.6 Å². The molecule has 1 aliphatic rings. The Balaban J connectivity index is 1.44. The molecule has 1 aliphatic heterocycles. The van der Waals surface area contributed by atoms with Crippen LogP contribution in [0.15, 0.2) is 46.2 Å². The van der Waals surface area contributed by atoms with Crippen LogP contribution in [0, 0.1) is 5.82 Å². The van der Waals surface area contributed by atoms with Gasteiger partial charge in [-0.15, -0.1) is 21.5 Å². The molecule has 2 aromatic heterocycles. The Labute approximate surface area is 153 Å². The van der Waals surface area contributed by atoms with Crippen LogP contribution in [0.3, 0.4) is 0 Å². The monoisotopic (exact) mass is 372 g/mol. The first-order valence-electron chi connectivity index (χ1n) is 8.38. The lowest BCUT2D eigenvalue weighted by Gasteiger charge is -2.31. The van der Waals surface area contributed by atoms with E-state index in [1.54, 1.807) is 23.1 Å². The highest BCUT2D eigenvalue weighted by atomic mass is 32.1. The predicted molar refractivity (Wildman–Crippen MR) is 96.6 cm³/mol. The Morgan fingerprint density at radius 2 is 2.15 bits per heavy atom. The number of hydrogen-bond donors (Lipinski definition) is 1. The van der Waals surface area contributed by atoms with Crippen molar-refractivity contribution in [3.05, 3.63) is 53.5 Å². The van der Waals surface area contributed by atoms with Crippen molar-refractivity contribution in [2.45, 2.75) is 18.8 Å². The number of nitrogens with one attached hydrogen (secondary N) is 1. The molecule has 2 amide bonds. The molecule has 8 heteroatoms. The Kier molecular flexibility index (Phi) is 4.66. The van der Waals surface area contributed by atoms with Gasteiger partial charge in [-0.25, -0.2) is 9.18 Å². The van der Waals surface area contributed by atoms with E-state index in [0.29, 0.717) is 24.9 Å². The van der Waals surface area contributed by atoms with Crippen molar-refractivity contribution in [2.24, 2.45) is 0 Å². The van der Waals surface area contributed by atoms with Crippen molar-refractivity contribution < 1.29 is 13.6 Å². The normalized spacial score (nSPS) is 17.3. The Morgan fingerprint density at radius 3 is 2.96 bits per heavy atom. The number of carbonyl (C=O) groups excluding carboxylic acids is 1. The number of halogens is 1. The van der Waals surface area contributed by atoms with E-state index in [4.69, 9.17) is 4.42 Å². The average Bonchev–Trinajstić information content (AvgIpc) is 3.35. The Morgan fingerprint density at radius 1 is 1.27 bits per heavy atom. The molecular formula is C18H17FN4O2S. The third-order valence-corrected chi connectivity index (χ3v) is 5.20. The SMILES string of the molecule is O=C(Nc1ccccc1F)N1CCCC(c2nnc(-c3cccs3)o2)C1. The lowest BCUT2D eigenvalue weighted by Crippen LogP contribution is -2.41. The third kappa shape index (κ3) is 3.45. The molecule has 1 unspecified atom stereocenters. The van der Waals surface area contributed by atoms with Crippen molar-refractivity contribution in [1.82, 2.24) is 15.1 Å². The van der Waals surface area contributed by atoms with Crippen LogP contribution in [0.1, 0.15) is 24.7 Å². The van der Waals surface area contributed by atoms with E-state index in [0.717, 1.165) is 17.7 Å². The summed E-state index contributed by atoms with van der Waals surface area (Å²) in [5.41, 5.74) is 0.178. The van der Waals surface area contributed by atoms with E-state index < -0.39 is 5.82 Å². The molecule has 0 spiro atoms. The fourth-order valence-electron chi connectivity index (χ4n) is 3.02. The van der Waals surface area contributed by atoms with Crippen LogP contribution in [0.25, 0.3) is 10.8 Å². The first-order chi connectivity index (χ1) is 12.7. The van der Waals surface area contributed by atoms with Gasteiger partial charge in [-0.05, 0) is 36.4 Å². The second-order valence-corrected chi connectivity index (χ2v) is 7.07. The van der Waals surface area contributed by atoms with Gasteiger partial charge in [0.15, 0.2) is 0 Å². The number of piperidine rings is 1. The fraction of sp³-hybridized carbons (Fsp3) is 0.278. The second kappa shape index (κ2) is 7.25. The molecule has 0 aliphatic carbocycles. The highest BCUT2D eigenvalue weighted by molar-refractivity contribution is 7.13. The van der Waals surface area contributed by atoms with Crippen LogP contribution >= 0.6 is 11.3 Å². The number of nitrogens with zero attached hydrogens (tertiary/aromatic N) is 3. The lowest BCUT2D eigenvalue weighted by molar-refractivity contribution is 0.187. The van der Waals surface area contributed by atoms with E-state index in [9.17, 15) is 9.18 Å². The Bertz CT molecular complexity index is 896. The summed E-state index contributed by atoms with van der Waals surface area (Å²) >= 11 is 1.54. The zero-order valence-corrected chi connectivity index (χ0v) is 14.7. The summed E-state index contributed by atoms with van der Waals surface area (Å²) in [6.07, 6.45) is 1.70. The molecule has 6 nitrogen and oxygen atoms in total. The minimum atomic E-state index is -0.452. The topological polar surface area (TPSA) is 71.3 Å². The molecular weight excluding hydrogens is 355 g/mol. The number of thiophene rings is 1. The average molecular weight is 372 g/mol. The number of likely N-dealkylation sites (tertiary alicyclic amines) is 1. The minimum absolute atomic E-state index is 0.0173. The summed E-state index contributed by atoms with van der Waals surface area (Å²) in [6, 6.07) is 9.66. The molecule has 1 fully saturated rings. The van der Waals surface area contributed by atoms with E-state index in [2.05, 4.69) is 15.5 Å². The molecule has 0 bridgehead atoms. The number of urea groups is 1. The zero-order valence-electron chi connectivity index (χ0n) is 13.9. The van der Waals surface area contributed by atoms with Crippen molar-refractivity contribution >= 4 is 23.1 Å². The standard InChI is InChI=1S/C18H17FN4O2S/c19-13-6-1-2-7-14(13)20-18(24)23-9-3-5-12(11-23)16-21-22-17(25-16)15-8-4-10-26-15/h1-2,4,6-8,10,12H,3,5,9,11H2,(H,20,24). The van der Waals surface area contributed by atoms with Crippen molar-refractivity contribution in [1.29, 1.82) is 0 Å². The number of para-hydroxylation sites is 1. The van der Waals surface area contributed by atoms with Crippen LogP contribution in [0.5, 0.6) is 0 Å². The van der Waals surface area contributed by atoms with Gasteiger partial charge in [0, 0.05) is 13.1 Å². The van der Waals surface area contributed by atoms with Crippen molar-refractivity contribution in [3.8, 4) is 10.8 Å². The van der Waals surface area contributed by atoms with Gasteiger partial charge in [-0.1, -0.05) is 18.2 Å². The molecule has 1 atom stereocenters. The summed E-state index contributed by atoms with van der Waals surface area (Å²) in [7, 11) is 0. The van der Waals surface area contributed by atoms with Crippen LogP contribution in [0.2, 0.25) is 0 Å². The summed E-state index contributed by atoms with van der Waals surface area (Å²) in [6.45, 7) is 1.08. The first kappa shape index (κ1) is 16.7. The molecule has 1 aromatic carbocycles. The highest BCUT2D eigenvalue weighted by Crippen LogP contribution is 2.30.